The fraction of sp³-hybridized carbons (Fsp3) is 0.320. The number of fused-ring (bicyclic) bond motifs is 3. The molecule has 0 radical (unpaired) electrons. The maximum atomic E-state index is 13.6. The number of nitrogens with zero attached hydrogens (tertiary/aromatic N) is 4. The summed E-state index contributed by atoms with van der Waals surface area (Å²) < 4.78 is 4.94. The van der Waals surface area contributed by atoms with Gasteiger partial charge in [0, 0.05) is 13.0 Å². The molecule has 0 spiro atoms. The number of anilines is 2. The minimum Gasteiger partial charge on any atom is -0.267 e. The van der Waals surface area contributed by atoms with E-state index in [4.69, 9.17) is 0 Å². The van der Waals surface area contributed by atoms with E-state index in [1.165, 1.54) is 10.1 Å². The lowest BCUT2D eigenvalue weighted by molar-refractivity contribution is -0.669. The van der Waals surface area contributed by atoms with Crippen molar-refractivity contribution >= 4 is 22.8 Å². The molecule has 0 amide bonds. The second-order valence-electron chi connectivity index (χ2n) is 9.03. The van der Waals surface area contributed by atoms with Gasteiger partial charge in [-0.1, -0.05) is 48.9 Å². The van der Waals surface area contributed by atoms with Crippen molar-refractivity contribution in [3.8, 4) is 0 Å². The molecule has 4 aromatic rings. The molecule has 1 atom stereocenters. The van der Waals surface area contributed by atoms with E-state index in [1.54, 1.807) is 11.6 Å². The molecule has 1 N–H and O–H groups in total. The molecule has 32 heavy (non-hydrogen) atoms. The zero-order valence-electron chi connectivity index (χ0n) is 18.9. The van der Waals surface area contributed by atoms with Gasteiger partial charge in [0.15, 0.2) is 0 Å². The molecule has 1 aliphatic heterocycles. The number of hydrogen-bond acceptors (Lipinski definition) is 3. The highest BCUT2D eigenvalue weighted by molar-refractivity contribution is 5.70. The van der Waals surface area contributed by atoms with Crippen molar-refractivity contribution in [2.45, 2.75) is 33.9 Å². The fourth-order valence-electron chi connectivity index (χ4n) is 4.73. The average Bonchev–Trinajstić information content (AvgIpc) is 3.14. The molecule has 5 rings (SSSR count). The summed E-state index contributed by atoms with van der Waals surface area (Å²) in [5.41, 5.74) is 4.81. The zero-order valence-corrected chi connectivity index (χ0v) is 18.9. The third-order valence-electron chi connectivity index (χ3n) is 6.26. The van der Waals surface area contributed by atoms with E-state index >= 15 is 0 Å². The predicted molar refractivity (Wildman–Crippen MR) is 126 cm³/mol. The number of aromatic nitrogens is 4. The molecule has 0 saturated carbocycles. The van der Waals surface area contributed by atoms with Gasteiger partial charge in [0.05, 0.1) is 19.6 Å². The highest BCUT2D eigenvalue weighted by atomic mass is 16.2. The van der Waals surface area contributed by atoms with Crippen molar-refractivity contribution in [3.05, 3.63) is 86.1 Å². The third kappa shape index (κ3) is 3.25. The van der Waals surface area contributed by atoms with Gasteiger partial charge < -0.3 is 0 Å². The van der Waals surface area contributed by atoms with Crippen LogP contribution in [-0.2, 0) is 20.1 Å². The highest BCUT2D eigenvalue weighted by Crippen LogP contribution is 2.28. The maximum Gasteiger partial charge on any atom is 0.364 e. The maximum absolute atomic E-state index is 13.6. The van der Waals surface area contributed by atoms with Gasteiger partial charge in [0.25, 0.3) is 5.56 Å². The molecule has 1 aliphatic rings. The van der Waals surface area contributed by atoms with E-state index in [-0.39, 0.29) is 17.8 Å². The summed E-state index contributed by atoms with van der Waals surface area (Å²) in [5.74, 6) is 1.18. The van der Waals surface area contributed by atoms with E-state index in [0.29, 0.717) is 17.1 Å². The monoisotopic (exact) mass is 430 g/mol. The first kappa shape index (κ1) is 20.3. The molecule has 3 heterocycles. The minimum atomic E-state index is -0.321. The molecule has 0 unspecified atom stereocenters. The van der Waals surface area contributed by atoms with E-state index in [1.807, 2.05) is 41.8 Å². The Hall–Kier alpha value is -3.61. The lowest BCUT2D eigenvalue weighted by Gasteiger charge is -2.26. The van der Waals surface area contributed by atoms with Gasteiger partial charge in [-0.25, -0.2) is 19.2 Å². The van der Waals surface area contributed by atoms with Crippen molar-refractivity contribution in [1.29, 1.82) is 0 Å². The number of benzene rings is 2. The molecule has 2 aromatic heterocycles. The lowest BCUT2D eigenvalue weighted by Crippen LogP contribution is -2.52. The van der Waals surface area contributed by atoms with Crippen LogP contribution in [0.5, 0.6) is 0 Å². The van der Waals surface area contributed by atoms with Gasteiger partial charge in [-0.15, -0.1) is 0 Å². The molecule has 2 aromatic carbocycles. The van der Waals surface area contributed by atoms with Crippen LogP contribution >= 0.6 is 0 Å². The lowest BCUT2D eigenvalue weighted by atomic mass is 10.1. The molecular weight excluding hydrogens is 402 g/mol. The summed E-state index contributed by atoms with van der Waals surface area (Å²) in [6, 6.07) is 16.3. The second-order valence-corrected chi connectivity index (χ2v) is 9.03. The van der Waals surface area contributed by atoms with E-state index in [9.17, 15) is 9.59 Å². The summed E-state index contributed by atoms with van der Waals surface area (Å²) >= 11 is 0. The molecule has 0 bridgehead atoms. The molecule has 0 fully saturated rings. The Morgan fingerprint density at radius 2 is 1.78 bits per heavy atom. The van der Waals surface area contributed by atoms with E-state index in [0.717, 1.165) is 35.9 Å². The number of nitrogens with one attached hydrogen (secondary N) is 1. The van der Waals surface area contributed by atoms with Crippen molar-refractivity contribution in [3.63, 3.8) is 0 Å². The topological polar surface area (TPSA) is 66.9 Å². The predicted octanol–water partition coefficient (Wildman–Crippen LogP) is 2.77. The number of aromatic amines is 1. The van der Waals surface area contributed by atoms with Crippen LogP contribution < -0.4 is 20.7 Å². The van der Waals surface area contributed by atoms with Crippen molar-refractivity contribution in [2.24, 2.45) is 13.0 Å². The van der Waals surface area contributed by atoms with Gasteiger partial charge in [0.1, 0.15) is 5.69 Å². The Labute approximate surface area is 186 Å². The Balaban J connectivity index is 1.73. The summed E-state index contributed by atoms with van der Waals surface area (Å²) in [4.78, 5) is 32.4. The van der Waals surface area contributed by atoms with Crippen molar-refractivity contribution in [1.82, 2.24) is 14.1 Å². The largest absolute Gasteiger partial charge is 0.364 e. The van der Waals surface area contributed by atoms with Gasteiger partial charge in [0.2, 0.25) is 11.2 Å². The van der Waals surface area contributed by atoms with Crippen LogP contribution in [0, 0.1) is 19.8 Å². The first-order valence-corrected chi connectivity index (χ1v) is 11.0. The van der Waals surface area contributed by atoms with Gasteiger partial charge in [-0.2, -0.15) is 0 Å². The first-order chi connectivity index (χ1) is 15.3. The average molecular weight is 431 g/mol. The Morgan fingerprint density at radius 1 is 1.06 bits per heavy atom. The molecule has 7 heteroatoms. The Bertz CT molecular complexity index is 1460. The standard InChI is InChI=1S/C25H27N5O2/c1-16-7-5-9-19(11-16)15-30-23(31)21-22(27(4)25(30)32)26-24-28(13-18(3)14-29(21)24)20-10-6-8-17(2)12-20/h5-12,18H,13-15H2,1-4H3/p+1/t18-/m0/s1. The van der Waals surface area contributed by atoms with Crippen LogP contribution in [0.15, 0.2) is 58.1 Å². The quantitative estimate of drug-likeness (QED) is 0.508. The fourth-order valence-corrected chi connectivity index (χ4v) is 4.73. The summed E-state index contributed by atoms with van der Waals surface area (Å²) in [6.07, 6.45) is 0. The Morgan fingerprint density at radius 3 is 2.50 bits per heavy atom. The van der Waals surface area contributed by atoms with Gasteiger partial charge >= 0.3 is 11.6 Å². The van der Waals surface area contributed by atoms with Crippen LogP contribution in [0.4, 0.5) is 11.6 Å². The zero-order chi connectivity index (χ0) is 22.6. The number of imidazole rings is 1. The van der Waals surface area contributed by atoms with Crippen LogP contribution in [0.1, 0.15) is 23.6 Å². The number of aryl methyl sites for hydroxylation is 3. The smallest absolute Gasteiger partial charge is 0.267 e. The van der Waals surface area contributed by atoms with E-state index < -0.39 is 0 Å². The molecule has 0 saturated heterocycles. The highest BCUT2D eigenvalue weighted by Gasteiger charge is 2.36. The number of rotatable bonds is 3. The third-order valence-corrected chi connectivity index (χ3v) is 6.26. The van der Waals surface area contributed by atoms with Crippen molar-refractivity contribution in [2.75, 3.05) is 11.4 Å². The number of H-pyrrole nitrogens is 1. The molecule has 164 valence electrons. The van der Waals surface area contributed by atoms with Gasteiger partial charge in [-0.3, -0.25) is 13.9 Å². The molecule has 0 aliphatic carbocycles. The first-order valence-electron chi connectivity index (χ1n) is 11.0. The molecule has 7 nitrogen and oxygen atoms in total. The second kappa shape index (κ2) is 7.51. The van der Waals surface area contributed by atoms with E-state index in [2.05, 4.69) is 41.9 Å². The van der Waals surface area contributed by atoms with Crippen LogP contribution in [0.25, 0.3) is 11.2 Å². The normalized spacial score (nSPS) is 15.9. The summed E-state index contributed by atoms with van der Waals surface area (Å²) in [7, 11) is 1.72. The molecular formula is C25H28N5O2+. The van der Waals surface area contributed by atoms with Crippen LogP contribution in [0.3, 0.4) is 0 Å². The van der Waals surface area contributed by atoms with Crippen molar-refractivity contribution < 1.29 is 4.57 Å². The SMILES string of the molecule is Cc1cccc(Cn2c(=O)c3c([nH]c4[n+]3C[C@@H](C)CN4c3cccc(C)c3)n(C)c2=O)c1. The minimum absolute atomic E-state index is 0.251. The van der Waals surface area contributed by atoms with Crippen LogP contribution in [0.2, 0.25) is 0 Å². The summed E-state index contributed by atoms with van der Waals surface area (Å²) in [5, 5.41) is 0. The van der Waals surface area contributed by atoms with Gasteiger partial charge in [-0.05, 0) is 37.1 Å². The van der Waals surface area contributed by atoms with Crippen LogP contribution in [-0.4, -0.2) is 20.7 Å². The summed E-state index contributed by atoms with van der Waals surface area (Å²) in [6.45, 7) is 8.07. The Kier molecular flexibility index (Phi) is 4.77. The number of hydrogen-bond donors (Lipinski definition) is 1.